The number of anilines is 1. The number of rotatable bonds is 6. The summed E-state index contributed by atoms with van der Waals surface area (Å²) >= 11 is 1.33. The zero-order valence-electron chi connectivity index (χ0n) is 17.9. The van der Waals surface area contributed by atoms with Crippen molar-refractivity contribution < 1.29 is 9.00 Å². The minimum Gasteiger partial charge on any atom is -0.330 e. The van der Waals surface area contributed by atoms with Crippen LogP contribution in [0.5, 0.6) is 0 Å². The van der Waals surface area contributed by atoms with Crippen molar-refractivity contribution in [2.45, 2.75) is 62.5 Å². The minimum absolute atomic E-state index is 0.410. The van der Waals surface area contributed by atoms with E-state index < -0.39 is 15.9 Å². The molecule has 2 aliphatic carbocycles. The molecule has 2 amide bonds. The van der Waals surface area contributed by atoms with Crippen LogP contribution in [0.15, 0.2) is 32.8 Å². The summed E-state index contributed by atoms with van der Waals surface area (Å²) in [4.78, 5) is 13.8. The van der Waals surface area contributed by atoms with E-state index in [1.165, 1.54) is 33.6 Å². The van der Waals surface area contributed by atoms with Gasteiger partial charge in [0, 0.05) is 10.6 Å². The number of amides is 2. The third kappa shape index (κ3) is 4.62. The van der Waals surface area contributed by atoms with Gasteiger partial charge in [-0.3, -0.25) is 0 Å². The number of nitrogens with one attached hydrogen (secondary N) is 1. The van der Waals surface area contributed by atoms with Gasteiger partial charge in [0.15, 0.2) is 9.92 Å². The lowest BCUT2D eigenvalue weighted by Gasteiger charge is -2.15. The molecule has 0 saturated heterocycles. The predicted molar refractivity (Wildman–Crippen MR) is 129 cm³/mol. The van der Waals surface area contributed by atoms with E-state index in [0.29, 0.717) is 10.8 Å². The third-order valence-electron chi connectivity index (χ3n) is 6.11. The number of hydrogen-bond acceptors (Lipinski definition) is 4. The molecule has 0 radical (unpaired) electrons. The van der Waals surface area contributed by atoms with E-state index in [9.17, 15) is 9.00 Å². The lowest BCUT2D eigenvalue weighted by atomic mass is 9.99. The highest BCUT2D eigenvalue weighted by Gasteiger charge is 2.25. The smallest absolute Gasteiger partial charge is 0.330 e. The van der Waals surface area contributed by atoms with Crippen LogP contribution >= 0.6 is 11.3 Å². The molecule has 1 unspecified atom stereocenters. The normalized spacial score (nSPS) is 17.2. The first kappa shape index (κ1) is 22.2. The van der Waals surface area contributed by atoms with Crippen LogP contribution in [0.1, 0.15) is 59.7 Å². The van der Waals surface area contributed by atoms with Crippen LogP contribution in [0.2, 0.25) is 0 Å². The van der Waals surface area contributed by atoms with Crippen LogP contribution < -0.4 is 16.2 Å². The van der Waals surface area contributed by atoms with Gasteiger partial charge >= 0.3 is 6.03 Å². The van der Waals surface area contributed by atoms with Gasteiger partial charge in [0.2, 0.25) is 0 Å². The molecule has 1 heterocycles. The molecule has 2 aromatic rings. The summed E-state index contributed by atoms with van der Waals surface area (Å²) in [5.74, 6) is 0. The number of benzene rings is 1. The lowest BCUT2D eigenvalue weighted by molar-refractivity contribution is 0.260. The highest BCUT2D eigenvalue weighted by molar-refractivity contribution is 7.93. The molecule has 31 heavy (non-hydrogen) atoms. The molecule has 2 aliphatic rings. The number of hydrogen-bond donors (Lipinski definition) is 3. The number of urea groups is 1. The van der Waals surface area contributed by atoms with Crippen molar-refractivity contribution in [2.75, 3.05) is 11.9 Å². The molecule has 0 bridgehead atoms. The molecule has 1 atom stereocenters. The van der Waals surface area contributed by atoms with Crippen LogP contribution in [0.3, 0.4) is 0 Å². The number of allylic oxidation sites excluding steroid dienone is 2. The van der Waals surface area contributed by atoms with Crippen molar-refractivity contribution in [1.29, 1.82) is 0 Å². The predicted octanol–water partition coefficient (Wildman–Crippen LogP) is 4.80. The van der Waals surface area contributed by atoms with Gasteiger partial charge in [0.25, 0.3) is 0 Å². The Balaban J connectivity index is 1.59. The Morgan fingerprint density at radius 1 is 1.19 bits per heavy atom. The highest BCUT2D eigenvalue weighted by Crippen LogP contribution is 2.38. The molecule has 1 aromatic heterocycles. The number of fused-ring (bicyclic) bond motifs is 2. The summed E-state index contributed by atoms with van der Waals surface area (Å²) in [6, 6.07) is 5.28. The van der Waals surface area contributed by atoms with Crippen LogP contribution in [0, 0.1) is 0 Å². The van der Waals surface area contributed by atoms with Gasteiger partial charge in [0.1, 0.15) is 4.21 Å². The lowest BCUT2D eigenvalue weighted by Crippen LogP contribution is -2.18. The van der Waals surface area contributed by atoms with E-state index in [1.54, 1.807) is 6.07 Å². The van der Waals surface area contributed by atoms with Crippen molar-refractivity contribution >= 4 is 38.5 Å². The maximum atomic E-state index is 13.1. The van der Waals surface area contributed by atoms with Crippen LogP contribution in [-0.2, 0) is 35.6 Å². The van der Waals surface area contributed by atoms with Gasteiger partial charge in [-0.25, -0.2) is 14.1 Å². The van der Waals surface area contributed by atoms with Gasteiger partial charge < -0.3 is 11.1 Å². The fourth-order valence-electron chi connectivity index (χ4n) is 4.62. The summed E-state index contributed by atoms with van der Waals surface area (Å²) in [5.41, 5.74) is 12.7. The first-order valence-corrected chi connectivity index (χ1v) is 13.3. The average Bonchev–Trinajstić information content (AvgIpc) is 3.48. The Hall–Kier alpha value is -2.00. The van der Waals surface area contributed by atoms with Crippen molar-refractivity contribution in [3.63, 3.8) is 0 Å². The average molecular weight is 459 g/mol. The van der Waals surface area contributed by atoms with E-state index in [-0.39, 0.29) is 0 Å². The van der Waals surface area contributed by atoms with Gasteiger partial charge in [-0.05, 0) is 105 Å². The van der Waals surface area contributed by atoms with Crippen LogP contribution in [0.4, 0.5) is 10.5 Å². The molecule has 5 N–H and O–H groups in total. The molecular formula is C23H30N4O2S2. The van der Waals surface area contributed by atoms with E-state index in [1.807, 2.05) is 19.1 Å². The molecule has 0 saturated carbocycles. The van der Waals surface area contributed by atoms with Crippen LogP contribution in [0.25, 0.3) is 5.57 Å². The zero-order chi connectivity index (χ0) is 22.0. The second-order valence-electron chi connectivity index (χ2n) is 8.15. The van der Waals surface area contributed by atoms with Gasteiger partial charge in [0.05, 0.1) is 0 Å². The van der Waals surface area contributed by atoms with E-state index in [2.05, 4.69) is 15.7 Å². The summed E-state index contributed by atoms with van der Waals surface area (Å²) < 4.78 is 17.4. The monoisotopic (exact) mass is 458 g/mol. The summed E-state index contributed by atoms with van der Waals surface area (Å²) in [6.07, 6.45) is 9.97. The third-order valence-corrected chi connectivity index (χ3v) is 9.18. The Labute approximate surface area is 188 Å². The number of nitrogens with zero attached hydrogens (tertiary/aromatic N) is 1. The second-order valence-corrected chi connectivity index (χ2v) is 11.3. The number of nitrogens with two attached hydrogens (primary N) is 2. The first-order chi connectivity index (χ1) is 14.9. The zero-order valence-corrected chi connectivity index (χ0v) is 19.5. The SMILES string of the molecule is C/C=C(/CCCN)c1ccc(S(N)(=O)=NC(=O)Nc2c3c(cc4c2CCC4)CCC3)s1. The molecule has 0 fully saturated rings. The largest absolute Gasteiger partial charge is 0.354 e. The Kier molecular flexibility index (Phi) is 6.62. The molecule has 8 heteroatoms. The number of carbonyl (C=O) groups excluding carboxylic acids is 1. The maximum absolute atomic E-state index is 13.1. The van der Waals surface area contributed by atoms with Crippen molar-refractivity contribution in [3.8, 4) is 0 Å². The van der Waals surface area contributed by atoms with E-state index >= 15 is 0 Å². The van der Waals surface area contributed by atoms with E-state index in [0.717, 1.165) is 67.5 Å². The highest BCUT2D eigenvalue weighted by atomic mass is 32.2. The molecule has 0 aliphatic heterocycles. The van der Waals surface area contributed by atoms with Gasteiger partial charge in [-0.15, -0.1) is 15.7 Å². The molecule has 4 rings (SSSR count). The van der Waals surface area contributed by atoms with E-state index in [4.69, 9.17) is 10.9 Å². The van der Waals surface area contributed by atoms with Crippen molar-refractivity contribution in [1.82, 2.24) is 0 Å². The van der Waals surface area contributed by atoms with Gasteiger partial charge in [-0.2, -0.15) is 0 Å². The molecule has 6 nitrogen and oxygen atoms in total. The number of aryl methyl sites for hydroxylation is 2. The van der Waals surface area contributed by atoms with Crippen LogP contribution in [-0.4, -0.2) is 16.8 Å². The molecule has 1 aromatic carbocycles. The second kappa shape index (κ2) is 9.24. The molecular weight excluding hydrogens is 428 g/mol. The Bertz CT molecular complexity index is 1120. The Morgan fingerprint density at radius 2 is 1.87 bits per heavy atom. The maximum Gasteiger partial charge on any atom is 0.354 e. The van der Waals surface area contributed by atoms with Gasteiger partial charge in [-0.1, -0.05) is 12.1 Å². The molecule has 166 valence electrons. The van der Waals surface area contributed by atoms with Crippen molar-refractivity contribution in [2.24, 2.45) is 15.2 Å². The first-order valence-electron chi connectivity index (χ1n) is 10.9. The van der Waals surface area contributed by atoms with Crippen molar-refractivity contribution in [3.05, 3.63) is 51.4 Å². The fourth-order valence-corrected chi connectivity index (χ4v) is 6.96. The quantitative estimate of drug-likeness (QED) is 0.578. The summed E-state index contributed by atoms with van der Waals surface area (Å²) in [7, 11) is -3.32. The summed E-state index contributed by atoms with van der Waals surface area (Å²) in [6.45, 7) is 2.59. The topological polar surface area (TPSA) is 111 Å². The fraction of sp³-hybridized carbons (Fsp3) is 0.435. The standard InChI is InChI=1S/C23H30N4O2S2/c1-2-15(8-5-13-24)20-11-12-21(30-20)31(25,29)27-23(28)26-22-18-9-3-6-16(18)14-17-7-4-10-19(17)22/h2,11-12,14H,3-10,13,24H2,1H3,(H3,25,26,27,28,29)/b15-2-. The Morgan fingerprint density at radius 3 is 2.48 bits per heavy atom. The number of carbonyl (C=O) groups is 1. The summed E-state index contributed by atoms with van der Waals surface area (Å²) in [5, 5.41) is 9.00. The minimum atomic E-state index is -3.32. The molecule has 0 spiro atoms. The number of thiophene rings is 1.